The van der Waals surface area contributed by atoms with Crippen LogP contribution in [0.25, 0.3) is 10.9 Å². The lowest BCUT2D eigenvalue weighted by atomic mass is 10.1. The Morgan fingerprint density at radius 2 is 1.96 bits per heavy atom. The molecule has 0 aliphatic carbocycles. The van der Waals surface area contributed by atoms with E-state index in [-0.39, 0.29) is 5.91 Å². The lowest BCUT2D eigenvalue weighted by Crippen LogP contribution is -2.45. The Balaban J connectivity index is 1.26. The van der Waals surface area contributed by atoms with Crippen LogP contribution in [-0.2, 0) is 16.0 Å². The summed E-state index contributed by atoms with van der Waals surface area (Å²) >= 11 is 0. The van der Waals surface area contributed by atoms with Gasteiger partial charge < -0.3 is 15.0 Å². The molecule has 1 aliphatic rings. The van der Waals surface area contributed by atoms with Gasteiger partial charge in [-0.3, -0.25) is 9.69 Å². The number of para-hydroxylation sites is 1. The summed E-state index contributed by atoms with van der Waals surface area (Å²) in [5.41, 5.74) is 2.47. The Morgan fingerprint density at radius 1 is 1.19 bits per heavy atom. The second kappa shape index (κ2) is 9.90. The zero-order valence-electron chi connectivity index (χ0n) is 16.7. The number of unbranched alkanes of at least 4 members (excludes halogenated alkanes) is 1. The first-order valence-corrected chi connectivity index (χ1v) is 10.3. The van der Waals surface area contributed by atoms with Crippen LogP contribution in [0.3, 0.4) is 0 Å². The van der Waals surface area contributed by atoms with Crippen molar-refractivity contribution in [1.29, 1.82) is 0 Å². The van der Waals surface area contributed by atoms with E-state index in [1.165, 1.54) is 16.5 Å². The minimum atomic E-state index is 0.170. The predicted octanol–water partition coefficient (Wildman–Crippen LogP) is 3.50. The van der Waals surface area contributed by atoms with Crippen molar-refractivity contribution in [2.45, 2.75) is 58.2 Å². The smallest absolute Gasteiger partial charge is 0.220 e. The summed E-state index contributed by atoms with van der Waals surface area (Å²) < 4.78 is 5.76. The number of rotatable bonds is 9. The number of amides is 1. The maximum atomic E-state index is 12.0. The normalized spacial score (nSPS) is 20.8. The van der Waals surface area contributed by atoms with E-state index < -0.39 is 0 Å². The number of morpholine rings is 1. The van der Waals surface area contributed by atoms with Gasteiger partial charge in [-0.05, 0) is 57.7 Å². The summed E-state index contributed by atoms with van der Waals surface area (Å²) in [5.74, 6) is 0.170. The van der Waals surface area contributed by atoms with Gasteiger partial charge in [-0.1, -0.05) is 18.2 Å². The first-order chi connectivity index (χ1) is 13.1. The van der Waals surface area contributed by atoms with Crippen molar-refractivity contribution in [3.05, 3.63) is 36.0 Å². The third kappa shape index (κ3) is 6.08. The van der Waals surface area contributed by atoms with Crippen molar-refractivity contribution < 1.29 is 9.53 Å². The average molecular weight is 372 g/mol. The fourth-order valence-electron chi connectivity index (χ4n) is 4.02. The molecular weight excluding hydrogens is 338 g/mol. The molecule has 1 saturated heterocycles. The number of aromatic nitrogens is 1. The largest absolute Gasteiger partial charge is 0.373 e. The molecule has 1 aromatic carbocycles. The number of aromatic amines is 1. The third-order valence-electron chi connectivity index (χ3n) is 5.24. The average Bonchev–Trinajstić information content (AvgIpc) is 3.04. The number of carbonyl (C=O) groups excluding carboxylic acids is 1. The van der Waals surface area contributed by atoms with Crippen LogP contribution in [0.4, 0.5) is 0 Å². The molecular formula is C22H33N3O2. The second-order valence-electron chi connectivity index (χ2n) is 7.79. The molecule has 2 aromatic rings. The quantitative estimate of drug-likeness (QED) is 0.664. The standard InChI is InChI=1S/C22H33N3O2/c1-17-15-25(16-18(2)27-17)13-6-5-12-23-22(26)11-7-8-19-14-24-21-10-4-3-9-20(19)21/h3-4,9-10,14,17-18,24H,5-8,11-13,15-16H2,1-2H3,(H,23,26)/t17-,18-/m0/s1. The number of H-pyrrole nitrogens is 1. The van der Waals surface area contributed by atoms with Gasteiger partial charge in [-0.2, -0.15) is 0 Å². The summed E-state index contributed by atoms with van der Waals surface area (Å²) in [6, 6.07) is 8.32. The molecule has 0 spiro atoms. The van der Waals surface area contributed by atoms with Crippen LogP contribution >= 0.6 is 0 Å². The van der Waals surface area contributed by atoms with Crippen LogP contribution in [0, 0.1) is 0 Å². The van der Waals surface area contributed by atoms with Gasteiger partial charge in [-0.15, -0.1) is 0 Å². The summed E-state index contributed by atoms with van der Waals surface area (Å²) in [5, 5.41) is 4.33. The maximum absolute atomic E-state index is 12.0. The number of hydrogen-bond acceptors (Lipinski definition) is 3. The van der Waals surface area contributed by atoms with Gasteiger partial charge in [0.05, 0.1) is 12.2 Å². The highest BCUT2D eigenvalue weighted by atomic mass is 16.5. The number of fused-ring (bicyclic) bond motifs is 1. The summed E-state index contributed by atoms with van der Waals surface area (Å²) in [6.45, 7) is 8.18. The van der Waals surface area contributed by atoms with E-state index >= 15 is 0 Å². The molecule has 3 rings (SSSR count). The van der Waals surface area contributed by atoms with E-state index in [0.29, 0.717) is 18.6 Å². The van der Waals surface area contributed by atoms with Crippen LogP contribution in [-0.4, -0.2) is 54.2 Å². The monoisotopic (exact) mass is 371 g/mol. The van der Waals surface area contributed by atoms with E-state index in [0.717, 1.165) is 51.9 Å². The number of carbonyl (C=O) groups is 1. The van der Waals surface area contributed by atoms with Crippen molar-refractivity contribution in [2.24, 2.45) is 0 Å². The van der Waals surface area contributed by atoms with Gasteiger partial charge in [-0.25, -0.2) is 0 Å². The predicted molar refractivity (Wildman–Crippen MR) is 110 cm³/mol. The highest BCUT2D eigenvalue weighted by Gasteiger charge is 2.21. The van der Waals surface area contributed by atoms with Crippen molar-refractivity contribution in [3.63, 3.8) is 0 Å². The minimum absolute atomic E-state index is 0.170. The van der Waals surface area contributed by atoms with Crippen molar-refractivity contribution in [1.82, 2.24) is 15.2 Å². The third-order valence-corrected chi connectivity index (χ3v) is 5.24. The van der Waals surface area contributed by atoms with Crippen LogP contribution in [0.15, 0.2) is 30.5 Å². The molecule has 1 aliphatic heterocycles. The molecule has 0 bridgehead atoms. The molecule has 5 heteroatoms. The van der Waals surface area contributed by atoms with Crippen LogP contribution in [0.2, 0.25) is 0 Å². The zero-order chi connectivity index (χ0) is 19.1. The number of nitrogens with one attached hydrogen (secondary N) is 2. The Morgan fingerprint density at radius 3 is 2.78 bits per heavy atom. The summed E-state index contributed by atoms with van der Waals surface area (Å²) in [4.78, 5) is 17.8. The molecule has 2 N–H and O–H groups in total. The lowest BCUT2D eigenvalue weighted by molar-refractivity contribution is -0.121. The molecule has 1 aromatic heterocycles. The minimum Gasteiger partial charge on any atom is -0.373 e. The molecule has 1 amide bonds. The number of benzene rings is 1. The molecule has 2 atom stereocenters. The van der Waals surface area contributed by atoms with Crippen LogP contribution in [0.5, 0.6) is 0 Å². The highest BCUT2D eigenvalue weighted by molar-refractivity contribution is 5.83. The van der Waals surface area contributed by atoms with E-state index in [1.807, 2.05) is 6.07 Å². The summed E-state index contributed by atoms with van der Waals surface area (Å²) in [6.07, 6.45) is 7.29. The Hall–Kier alpha value is -1.85. The summed E-state index contributed by atoms with van der Waals surface area (Å²) in [7, 11) is 0. The number of hydrogen-bond donors (Lipinski definition) is 2. The van der Waals surface area contributed by atoms with Gasteiger partial charge in [0.25, 0.3) is 0 Å². The van der Waals surface area contributed by atoms with Gasteiger partial charge in [0.2, 0.25) is 5.91 Å². The lowest BCUT2D eigenvalue weighted by Gasteiger charge is -2.35. The van der Waals surface area contributed by atoms with Gasteiger partial charge in [0.15, 0.2) is 0 Å². The Labute approximate surface area is 162 Å². The van der Waals surface area contributed by atoms with Crippen molar-refractivity contribution in [2.75, 3.05) is 26.2 Å². The van der Waals surface area contributed by atoms with Gasteiger partial charge in [0, 0.05) is 43.2 Å². The van der Waals surface area contributed by atoms with Crippen molar-refractivity contribution in [3.8, 4) is 0 Å². The van der Waals surface area contributed by atoms with Crippen LogP contribution in [0.1, 0.15) is 45.1 Å². The van der Waals surface area contributed by atoms with E-state index in [1.54, 1.807) is 0 Å². The number of nitrogens with zero attached hydrogens (tertiary/aromatic N) is 1. The van der Waals surface area contributed by atoms with Gasteiger partial charge >= 0.3 is 0 Å². The van der Waals surface area contributed by atoms with Crippen LogP contribution < -0.4 is 5.32 Å². The molecule has 148 valence electrons. The second-order valence-corrected chi connectivity index (χ2v) is 7.79. The molecule has 0 radical (unpaired) electrons. The van der Waals surface area contributed by atoms with E-state index in [2.05, 4.69) is 53.4 Å². The first kappa shape index (κ1) is 19.9. The first-order valence-electron chi connectivity index (χ1n) is 10.3. The highest BCUT2D eigenvalue weighted by Crippen LogP contribution is 2.19. The number of ether oxygens (including phenoxy) is 1. The number of aryl methyl sites for hydroxylation is 1. The fraction of sp³-hybridized carbons (Fsp3) is 0.591. The maximum Gasteiger partial charge on any atom is 0.220 e. The molecule has 1 fully saturated rings. The van der Waals surface area contributed by atoms with Crippen molar-refractivity contribution >= 4 is 16.8 Å². The Bertz CT molecular complexity index is 717. The van der Waals surface area contributed by atoms with Gasteiger partial charge in [0.1, 0.15) is 0 Å². The molecule has 5 nitrogen and oxygen atoms in total. The molecule has 0 saturated carbocycles. The Kier molecular flexibility index (Phi) is 7.30. The molecule has 27 heavy (non-hydrogen) atoms. The SMILES string of the molecule is C[C@H]1CN(CCCCNC(=O)CCCc2c[nH]c3ccccc23)C[C@H](C)O1. The topological polar surface area (TPSA) is 57.4 Å². The fourth-order valence-corrected chi connectivity index (χ4v) is 4.02. The molecule has 2 heterocycles. The van der Waals surface area contributed by atoms with E-state index in [4.69, 9.17) is 4.74 Å². The van der Waals surface area contributed by atoms with E-state index in [9.17, 15) is 4.79 Å². The molecule has 0 unspecified atom stereocenters. The zero-order valence-corrected chi connectivity index (χ0v) is 16.7.